The smallest absolute Gasteiger partial charge is 0.193 e. The quantitative estimate of drug-likeness (QED) is 0.433. The molecule has 5 nitrogen and oxygen atoms in total. The van der Waals surface area contributed by atoms with Crippen LogP contribution in [-0.4, -0.2) is 74.3 Å². The number of guanidine groups is 1. The molecule has 1 N–H and O–H groups in total. The zero-order valence-corrected chi connectivity index (χ0v) is 14.7. The highest BCUT2D eigenvalue weighted by Crippen LogP contribution is 2.20. The first-order valence-corrected chi connectivity index (χ1v) is 7.67. The predicted octanol–water partition coefficient (Wildman–Crippen LogP) is 1.14. The molecular weight excluding hydrogens is 367 g/mol. The Bertz CT molecular complexity index is 329. The van der Waals surface area contributed by atoms with Crippen LogP contribution in [0.4, 0.5) is 0 Å². The number of aliphatic imine (C=N–C) groups is 1. The zero-order chi connectivity index (χ0) is 13.1. The number of ether oxygens (including phenoxy) is 1. The number of hydrogen-bond donors (Lipinski definition) is 1. The van der Waals surface area contributed by atoms with Gasteiger partial charge in [0.25, 0.3) is 0 Å². The lowest BCUT2D eigenvalue weighted by molar-refractivity contribution is 0.0194. The second kappa shape index (κ2) is 7.79. The third-order valence-corrected chi connectivity index (χ3v) is 4.68. The topological polar surface area (TPSA) is 40.1 Å². The minimum Gasteiger partial charge on any atom is -0.379 e. The normalized spacial score (nSPS) is 28.9. The molecule has 0 amide bonds. The van der Waals surface area contributed by atoms with Gasteiger partial charge in [-0.1, -0.05) is 0 Å². The van der Waals surface area contributed by atoms with Gasteiger partial charge >= 0.3 is 0 Å². The largest absolute Gasteiger partial charge is 0.379 e. The second-order valence-electron chi connectivity index (χ2n) is 5.86. The molecule has 0 aromatic carbocycles. The van der Waals surface area contributed by atoms with Crippen LogP contribution in [-0.2, 0) is 4.74 Å². The zero-order valence-electron chi connectivity index (χ0n) is 12.4. The Kier molecular flexibility index (Phi) is 6.35. The summed E-state index contributed by atoms with van der Waals surface area (Å²) in [5, 5.41) is 3.60. The first-order chi connectivity index (χ1) is 9.36. The number of likely N-dealkylation sites (tertiary alicyclic amines) is 1. The SMILES string of the molecule is CN=C(NC1CCC1)N1CCC(N2CCOCC2)C1.I. The Morgan fingerprint density at radius 2 is 1.90 bits per heavy atom. The molecule has 3 fully saturated rings. The molecule has 3 aliphatic rings. The summed E-state index contributed by atoms with van der Waals surface area (Å²) in [4.78, 5) is 9.47. The van der Waals surface area contributed by atoms with Crippen molar-refractivity contribution in [1.29, 1.82) is 0 Å². The predicted molar refractivity (Wildman–Crippen MR) is 91.9 cm³/mol. The van der Waals surface area contributed by atoms with Crippen LogP contribution in [0.5, 0.6) is 0 Å². The maximum absolute atomic E-state index is 5.44. The van der Waals surface area contributed by atoms with Crippen molar-refractivity contribution in [3.05, 3.63) is 0 Å². The summed E-state index contributed by atoms with van der Waals surface area (Å²) in [6.07, 6.45) is 5.23. The van der Waals surface area contributed by atoms with Crippen LogP contribution in [0.2, 0.25) is 0 Å². The molecule has 20 heavy (non-hydrogen) atoms. The van der Waals surface area contributed by atoms with E-state index >= 15 is 0 Å². The minimum atomic E-state index is 0. The fraction of sp³-hybridized carbons (Fsp3) is 0.929. The molecule has 116 valence electrons. The molecule has 3 rings (SSSR count). The van der Waals surface area contributed by atoms with E-state index in [4.69, 9.17) is 4.74 Å². The summed E-state index contributed by atoms with van der Waals surface area (Å²) in [6.45, 7) is 6.22. The van der Waals surface area contributed by atoms with Crippen LogP contribution < -0.4 is 5.32 Å². The number of nitrogens with zero attached hydrogens (tertiary/aromatic N) is 3. The molecule has 2 saturated heterocycles. The summed E-state index contributed by atoms with van der Waals surface area (Å²) >= 11 is 0. The summed E-state index contributed by atoms with van der Waals surface area (Å²) in [6, 6.07) is 1.35. The number of halogens is 1. The lowest BCUT2D eigenvalue weighted by Crippen LogP contribution is -2.49. The molecule has 2 heterocycles. The van der Waals surface area contributed by atoms with Gasteiger partial charge in [0.05, 0.1) is 13.2 Å². The minimum absolute atomic E-state index is 0. The third-order valence-electron chi connectivity index (χ3n) is 4.68. The van der Waals surface area contributed by atoms with E-state index < -0.39 is 0 Å². The van der Waals surface area contributed by atoms with Crippen LogP contribution in [0, 0.1) is 0 Å². The van der Waals surface area contributed by atoms with Gasteiger partial charge in [0.15, 0.2) is 5.96 Å². The van der Waals surface area contributed by atoms with Crippen molar-refractivity contribution in [2.45, 2.75) is 37.8 Å². The van der Waals surface area contributed by atoms with E-state index in [0.29, 0.717) is 12.1 Å². The average Bonchev–Trinajstić information content (AvgIpc) is 2.88. The van der Waals surface area contributed by atoms with Crippen molar-refractivity contribution in [3.63, 3.8) is 0 Å². The Balaban J connectivity index is 0.00000147. The van der Waals surface area contributed by atoms with Gasteiger partial charge in [-0.25, -0.2) is 0 Å². The van der Waals surface area contributed by atoms with Crippen molar-refractivity contribution < 1.29 is 4.74 Å². The Morgan fingerprint density at radius 1 is 1.15 bits per heavy atom. The maximum Gasteiger partial charge on any atom is 0.193 e. The Hall–Kier alpha value is -0.0800. The highest BCUT2D eigenvalue weighted by molar-refractivity contribution is 14.0. The summed E-state index contributed by atoms with van der Waals surface area (Å²) in [5.74, 6) is 1.11. The van der Waals surface area contributed by atoms with Crippen LogP contribution in [0.15, 0.2) is 4.99 Å². The van der Waals surface area contributed by atoms with Gasteiger partial charge in [-0.05, 0) is 25.7 Å². The summed E-state index contributed by atoms with van der Waals surface area (Å²) in [7, 11) is 1.91. The summed E-state index contributed by atoms with van der Waals surface area (Å²) in [5.41, 5.74) is 0. The fourth-order valence-electron chi connectivity index (χ4n) is 3.21. The van der Waals surface area contributed by atoms with E-state index in [1.54, 1.807) is 0 Å². The monoisotopic (exact) mass is 394 g/mol. The Labute approximate surface area is 139 Å². The highest BCUT2D eigenvalue weighted by Gasteiger charge is 2.31. The molecule has 6 heteroatoms. The van der Waals surface area contributed by atoms with Crippen LogP contribution >= 0.6 is 24.0 Å². The maximum atomic E-state index is 5.44. The van der Waals surface area contributed by atoms with Crippen molar-refractivity contribution in [2.24, 2.45) is 4.99 Å². The molecule has 0 radical (unpaired) electrons. The number of morpholine rings is 1. The van der Waals surface area contributed by atoms with E-state index in [9.17, 15) is 0 Å². The standard InChI is InChI=1S/C14H26N4O.HI/c1-15-14(16-12-3-2-4-12)18-6-5-13(11-18)17-7-9-19-10-8-17;/h12-13H,2-11H2,1H3,(H,15,16);1H. The van der Waals surface area contributed by atoms with Gasteiger partial charge in [0, 0.05) is 45.3 Å². The molecule has 0 bridgehead atoms. The molecule has 1 aliphatic carbocycles. The van der Waals surface area contributed by atoms with Crippen LogP contribution in [0.3, 0.4) is 0 Å². The molecule has 1 saturated carbocycles. The van der Waals surface area contributed by atoms with Gasteiger partial charge in [-0.15, -0.1) is 24.0 Å². The lowest BCUT2D eigenvalue weighted by Gasteiger charge is -2.34. The van der Waals surface area contributed by atoms with Crippen molar-refractivity contribution in [1.82, 2.24) is 15.1 Å². The molecular formula is C14H27IN4O. The van der Waals surface area contributed by atoms with Crippen molar-refractivity contribution in [2.75, 3.05) is 46.4 Å². The second-order valence-corrected chi connectivity index (χ2v) is 5.86. The number of hydrogen-bond acceptors (Lipinski definition) is 3. The van der Waals surface area contributed by atoms with Gasteiger partial charge in [-0.2, -0.15) is 0 Å². The van der Waals surface area contributed by atoms with Gasteiger partial charge in [0.2, 0.25) is 0 Å². The highest BCUT2D eigenvalue weighted by atomic mass is 127. The lowest BCUT2D eigenvalue weighted by atomic mass is 9.93. The molecule has 0 aromatic rings. The van der Waals surface area contributed by atoms with E-state index in [1.165, 1.54) is 25.7 Å². The molecule has 1 atom stereocenters. The van der Waals surface area contributed by atoms with E-state index in [2.05, 4.69) is 20.1 Å². The third kappa shape index (κ3) is 3.76. The molecule has 2 aliphatic heterocycles. The van der Waals surface area contributed by atoms with Crippen LogP contribution in [0.1, 0.15) is 25.7 Å². The number of rotatable bonds is 2. The van der Waals surface area contributed by atoms with Crippen molar-refractivity contribution >= 4 is 29.9 Å². The molecule has 1 unspecified atom stereocenters. The fourth-order valence-corrected chi connectivity index (χ4v) is 3.21. The molecule has 0 spiro atoms. The first-order valence-electron chi connectivity index (χ1n) is 7.67. The van der Waals surface area contributed by atoms with Gasteiger partial charge in [-0.3, -0.25) is 9.89 Å². The van der Waals surface area contributed by atoms with E-state index in [1.807, 2.05) is 7.05 Å². The average molecular weight is 394 g/mol. The van der Waals surface area contributed by atoms with Crippen molar-refractivity contribution in [3.8, 4) is 0 Å². The van der Waals surface area contributed by atoms with Crippen LogP contribution in [0.25, 0.3) is 0 Å². The number of nitrogens with one attached hydrogen (secondary N) is 1. The summed E-state index contributed by atoms with van der Waals surface area (Å²) < 4.78 is 5.44. The molecule has 0 aromatic heterocycles. The first kappa shape index (κ1) is 16.3. The van der Waals surface area contributed by atoms with E-state index in [0.717, 1.165) is 45.4 Å². The van der Waals surface area contributed by atoms with Gasteiger partial charge in [0.1, 0.15) is 0 Å². The van der Waals surface area contributed by atoms with Gasteiger partial charge < -0.3 is 15.0 Å². The Morgan fingerprint density at radius 3 is 2.50 bits per heavy atom. The van der Waals surface area contributed by atoms with E-state index in [-0.39, 0.29) is 24.0 Å².